The van der Waals surface area contributed by atoms with Crippen LogP contribution in [-0.2, 0) is 0 Å². The van der Waals surface area contributed by atoms with Crippen molar-refractivity contribution in [2.45, 2.75) is 0 Å². The molecule has 1 heterocycles. The third-order valence-corrected chi connectivity index (χ3v) is 3.81. The van der Waals surface area contributed by atoms with Crippen LogP contribution in [0.5, 0.6) is 0 Å². The Balaban J connectivity index is 1.79. The smallest absolute Gasteiger partial charge is 0.266 e. The number of carbonyl (C=O) groups excluding carboxylic acids is 1. The van der Waals surface area contributed by atoms with E-state index in [-0.39, 0.29) is 5.91 Å². The lowest BCUT2D eigenvalue weighted by atomic mass is 10.1. The van der Waals surface area contributed by atoms with Gasteiger partial charge < -0.3 is 0 Å². The molecule has 4 heteroatoms. The normalized spacial score (nSPS) is 11.0. The van der Waals surface area contributed by atoms with Gasteiger partial charge in [0.05, 0.1) is 11.1 Å². The first-order valence-corrected chi connectivity index (χ1v) is 7.07. The molecule has 1 amide bonds. The van der Waals surface area contributed by atoms with Crippen LogP contribution in [0.15, 0.2) is 65.1 Å². The highest BCUT2D eigenvalue weighted by Gasteiger charge is 2.03. The third kappa shape index (κ3) is 2.60. The zero-order chi connectivity index (χ0) is 13.8. The number of benzene rings is 2. The molecule has 0 fully saturated rings. The molecule has 0 unspecified atom stereocenters. The van der Waals surface area contributed by atoms with Gasteiger partial charge in [0.2, 0.25) is 0 Å². The van der Waals surface area contributed by atoms with E-state index in [1.54, 1.807) is 12.3 Å². The summed E-state index contributed by atoms with van der Waals surface area (Å²) in [6.07, 6.45) is 1.67. The van der Waals surface area contributed by atoms with Crippen molar-refractivity contribution < 1.29 is 4.79 Å². The molecular formula is C16H12N2OS. The summed E-state index contributed by atoms with van der Waals surface area (Å²) >= 11 is 1.39. The Hall–Kier alpha value is -2.46. The number of amides is 1. The lowest BCUT2D eigenvalue weighted by Crippen LogP contribution is -2.16. The van der Waals surface area contributed by atoms with Gasteiger partial charge in [0.1, 0.15) is 0 Å². The second-order valence-corrected chi connectivity index (χ2v) is 5.19. The zero-order valence-corrected chi connectivity index (χ0v) is 11.4. The molecule has 0 aliphatic heterocycles. The fourth-order valence-corrected chi connectivity index (χ4v) is 2.60. The highest BCUT2D eigenvalue weighted by atomic mass is 32.1. The quantitative estimate of drug-likeness (QED) is 0.577. The fraction of sp³-hybridized carbons (Fsp3) is 0. The van der Waals surface area contributed by atoms with Crippen molar-refractivity contribution in [1.29, 1.82) is 0 Å². The number of thiophene rings is 1. The SMILES string of the molecule is O=C(N/N=C\c1cccc2ccccc12)c1cccs1. The summed E-state index contributed by atoms with van der Waals surface area (Å²) < 4.78 is 0. The minimum Gasteiger partial charge on any atom is -0.266 e. The van der Waals surface area contributed by atoms with Gasteiger partial charge in [0, 0.05) is 5.56 Å². The van der Waals surface area contributed by atoms with Gasteiger partial charge in [-0.25, -0.2) is 5.43 Å². The molecule has 98 valence electrons. The lowest BCUT2D eigenvalue weighted by Gasteiger charge is -2.01. The monoisotopic (exact) mass is 280 g/mol. The molecule has 1 N–H and O–H groups in total. The molecule has 0 bridgehead atoms. The lowest BCUT2D eigenvalue weighted by molar-refractivity contribution is 0.0959. The van der Waals surface area contributed by atoms with Gasteiger partial charge in [-0.15, -0.1) is 11.3 Å². The maximum absolute atomic E-state index is 11.7. The number of hydrogen-bond acceptors (Lipinski definition) is 3. The Bertz CT molecular complexity index is 758. The van der Waals surface area contributed by atoms with Crippen LogP contribution in [0.3, 0.4) is 0 Å². The molecule has 0 saturated carbocycles. The van der Waals surface area contributed by atoms with E-state index in [0.717, 1.165) is 16.3 Å². The molecule has 0 spiro atoms. The molecule has 0 radical (unpaired) electrons. The van der Waals surface area contributed by atoms with Gasteiger partial charge >= 0.3 is 0 Å². The molecule has 20 heavy (non-hydrogen) atoms. The van der Waals surface area contributed by atoms with Gasteiger partial charge in [0.15, 0.2) is 0 Å². The minimum atomic E-state index is -0.184. The molecule has 1 aromatic heterocycles. The van der Waals surface area contributed by atoms with E-state index in [4.69, 9.17) is 0 Å². The van der Waals surface area contributed by atoms with E-state index in [0.29, 0.717) is 4.88 Å². The van der Waals surface area contributed by atoms with Crippen LogP contribution in [0.4, 0.5) is 0 Å². The second kappa shape index (κ2) is 5.67. The summed E-state index contributed by atoms with van der Waals surface area (Å²) in [4.78, 5) is 12.4. The number of nitrogens with one attached hydrogen (secondary N) is 1. The van der Waals surface area contributed by atoms with Crippen molar-refractivity contribution in [2.75, 3.05) is 0 Å². The van der Waals surface area contributed by atoms with Crippen molar-refractivity contribution in [3.05, 3.63) is 70.4 Å². The van der Waals surface area contributed by atoms with Crippen molar-refractivity contribution in [2.24, 2.45) is 5.10 Å². The van der Waals surface area contributed by atoms with Crippen molar-refractivity contribution in [3.8, 4) is 0 Å². The van der Waals surface area contributed by atoms with E-state index >= 15 is 0 Å². The average Bonchev–Trinajstić information content (AvgIpc) is 3.02. The van der Waals surface area contributed by atoms with E-state index in [1.165, 1.54) is 11.3 Å². The fourth-order valence-electron chi connectivity index (χ4n) is 1.99. The predicted molar refractivity (Wildman–Crippen MR) is 83.3 cm³/mol. The molecule has 3 nitrogen and oxygen atoms in total. The molecule has 3 rings (SSSR count). The second-order valence-electron chi connectivity index (χ2n) is 4.24. The van der Waals surface area contributed by atoms with Gasteiger partial charge in [-0.2, -0.15) is 5.10 Å². The molecule has 0 saturated heterocycles. The van der Waals surface area contributed by atoms with Gasteiger partial charge in [-0.1, -0.05) is 48.5 Å². The highest BCUT2D eigenvalue weighted by Crippen LogP contribution is 2.16. The maximum Gasteiger partial charge on any atom is 0.281 e. The molecule has 0 aliphatic carbocycles. The van der Waals surface area contributed by atoms with E-state index in [2.05, 4.69) is 22.7 Å². The van der Waals surface area contributed by atoms with Crippen LogP contribution in [0.25, 0.3) is 10.8 Å². The largest absolute Gasteiger partial charge is 0.281 e. The van der Waals surface area contributed by atoms with Crippen molar-refractivity contribution >= 4 is 34.2 Å². The Labute approximate surface area is 120 Å². The van der Waals surface area contributed by atoms with Crippen molar-refractivity contribution in [1.82, 2.24) is 5.43 Å². The number of nitrogens with zero attached hydrogens (tertiary/aromatic N) is 1. The topological polar surface area (TPSA) is 41.5 Å². The maximum atomic E-state index is 11.7. The summed E-state index contributed by atoms with van der Waals surface area (Å²) in [6, 6.07) is 17.7. The number of fused-ring (bicyclic) bond motifs is 1. The summed E-state index contributed by atoms with van der Waals surface area (Å²) in [7, 11) is 0. The predicted octanol–water partition coefficient (Wildman–Crippen LogP) is 3.67. The van der Waals surface area contributed by atoms with Gasteiger partial charge in [0.25, 0.3) is 5.91 Å². The number of carbonyl (C=O) groups is 1. The summed E-state index contributed by atoms with van der Waals surface area (Å²) in [5.41, 5.74) is 3.52. The Morgan fingerprint density at radius 2 is 1.90 bits per heavy atom. The molecule has 2 aromatic carbocycles. The van der Waals surface area contributed by atoms with Crippen LogP contribution in [0.2, 0.25) is 0 Å². The molecule has 3 aromatic rings. The van der Waals surface area contributed by atoms with Crippen molar-refractivity contribution in [3.63, 3.8) is 0 Å². The van der Waals surface area contributed by atoms with Crippen LogP contribution in [0.1, 0.15) is 15.2 Å². The number of rotatable bonds is 3. The third-order valence-electron chi connectivity index (χ3n) is 2.94. The minimum absolute atomic E-state index is 0.184. The summed E-state index contributed by atoms with van der Waals surface area (Å²) in [6.45, 7) is 0. The van der Waals surface area contributed by atoms with Crippen LogP contribution in [0, 0.1) is 0 Å². The molecule has 0 atom stereocenters. The first-order valence-electron chi connectivity index (χ1n) is 6.19. The molecular weight excluding hydrogens is 268 g/mol. The van der Waals surface area contributed by atoms with Gasteiger partial charge in [-0.05, 0) is 22.2 Å². The van der Waals surface area contributed by atoms with Crippen LogP contribution in [-0.4, -0.2) is 12.1 Å². The van der Waals surface area contributed by atoms with Crippen LogP contribution < -0.4 is 5.43 Å². The zero-order valence-electron chi connectivity index (χ0n) is 10.6. The van der Waals surface area contributed by atoms with Gasteiger partial charge in [-0.3, -0.25) is 4.79 Å². The Kier molecular flexibility index (Phi) is 3.56. The Morgan fingerprint density at radius 1 is 1.05 bits per heavy atom. The standard InChI is InChI=1S/C16H12N2OS/c19-16(15-9-4-10-20-15)18-17-11-13-7-3-6-12-5-1-2-8-14(12)13/h1-11H,(H,18,19)/b17-11-. The molecule has 0 aliphatic rings. The average molecular weight is 280 g/mol. The van der Waals surface area contributed by atoms with Crippen LogP contribution >= 0.6 is 11.3 Å². The van der Waals surface area contributed by atoms with E-state index in [1.807, 2.05) is 41.8 Å². The summed E-state index contributed by atoms with van der Waals surface area (Å²) in [5.74, 6) is -0.184. The number of hydrogen-bond donors (Lipinski definition) is 1. The first-order chi connectivity index (χ1) is 9.84. The number of hydrazone groups is 1. The Morgan fingerprint density at radius 3 is 2.75 bits per heavy atom. The van der Waals surface area contributed by atoms with E-state index < -0.39 is 0 Å². The van der Waals surface area contributed by atoms with E-state index in [9.17, 15) is 4.79 Å². The highest BCUT2D eigenvalue weighted by molar-refractivity contribution is 7.12. The summed E-state index contributed by atoms with van der Waals surface area (Å²) in [5, 5.41) is 8.16. The first kappa shape index (κ1) is 12.6.